The zero-order valence-corrected chi connectivity index (χ0v) is 17.8. The highest BCUT2D eigenvalue weighted by atomic mass is 19.1. The lowest BCUT2D eigenvalue weighted by molar-refractivity contribution is -0.138. The molecule has 1 aromatic rings. The van der Waals surface area contributed by atoms with Crippen LogP contribution in [0.15, 0.2) is 18.2 Å². The van der Waals surface area contributed by atoms with Crippen molar-refractivity contribution in [2.75, 3.05) is 27.4 Å². The van der Waals surface area contributed by atoms with Crippen LogP contribution in [0, 0.1) is 28.5 Å². The van der Waals surface area contributed by atoms with Gasteiger partial charge in [-0.2, -0.15) is 0 Å². The molecule has 1 heterocycles. The zero-order chi connectivity index (χ0) is 20.8. The molecule has 1 spiro atoms. The van der Waals surface area contributed by atoms with Gasteiger partial charge in [0.15, 0.2) is 0 Å². The summed E-state index contributed by atoms with van der Waals surface area (Å²) in [5, 5.41) is 3.34. The van der Waals surface area contributed by atoms with E-state index in [0.29, 0.717) is 36.9 Å². The number of fused-ring (bicyclic) bond motifs is 1. The third-order valence-corrected chi connectivity index (χ3v) is 7.86. The van der Waals surface area contributed by atoms with Crippen molar-refractivity contribution in [3.8, 4) is 5.75 Å². The Morgan fingerprint density at radius 2 is 2.14 bits per heavy atom. The van der Waals surface area contributed by atoms with E-state index >= 15 is 0 Å². The number of hydrogen-bond acceptors (Lipinski definition) is 4. The lowest BCUT2D eigenvalue weighted by Gasteiger charge is -2.53. The van der Waals surface area contributed by atoms with Gasteiger partial charge in [0.2, 0.25) is 5.91 Å². The van der Waals surface area contributed by atoms with Gasteiger partial charge in [0.05, 0.1) is 19.8 Å². The summed E-state index contributed by atoms with van der Waals surface area (Å²) in [6.07, 6.45) is 3.06. The third kappa shape index (κ3) is 3.25. The molecule has 4 rings (SSSR count). The molecule has 3 fully saturated rings. The summed E-state index contributed by atoms with van der Waals surface area (Å²) in [6.45, 7) is 5.53. The first-order valence-electron chi connectivity index (χ1n) is 10.6. The number of amides is 1. The number of methoxy groups -OCH3 is 2. The highest BCUT2D eigenvalue weighted by Crippen LogP contribution is 2.70. The third-order valence-electron chi connectivity index (χ3n) is 7.86. The van der Waals surface area contributed by atoms with E-state index in [1.165, 1.54) is 13.2 Å². The Labute approximate surface area is 172 Å². The fourth-order valence-electron chi connectivity index (χ4n) is 6.39. The number of carbonyl (C=O) groups excluding carboxylic acids is 1. The molecule has 5 atom stereocenters. The number of benzene rings is 1. The maximum Gasteiger partial charge on any atom is 0.222 e. The van der Waals surface area contributed by atoms with Gasteiger partial charge >= 0.3 is 0 Å². The van der Waals surface area contributed by atoms with E-state index in [9.17, 15) is 9.18 Å². The Morgan fingerprint density at radius 3 is 2.83 bits per heavy atom. The fourth-order valence-corrected chi connectivity index (χ4v) is 6.39. The summed E-state index contributed by atoms with van der Waals surface area (Å²) in [5.74, 6) is 0.947. The van der Waals surface area contributed by atoms with Crippen molar-refractivity contribution >= 4 is 5.91 Å². The molecule has 6 heteroatoms. The maximum atomic E-state index is 14.9. The SMILES string of the molecule is COCCC(=O)N[C@H]1C(C)(C)[C@@H]2C[C@@H]3[C@@H](c4ccc(OC)cc4F)OCC[C@@]31C2. The highest BCUT2D eigenvalue weighted by molar-refractivity contribution is 5.76. The molecular weight excluding hydrogens is 373 g/mol. The Morgan fingerprint density at radius 1 is 1.34 bits per heavy atom. The summed E-state index contributed by atoms with van der Waals surface area (Å²) >= 11 is 0. The topological polar surface area (TPSA) is 56.8 Å². The Hall–Kier alpha value is -1.66. The molecule has 5 nitrogen and oxygen atoms in total. The second-order valence-corrected chi connectivity index (χ2v) is 9.47. The molecule has 3 aliphatic rings. The van der Waals surface area contributed by atoms with Gasteiger partial charge in [-0.3, -0.25) is 4.79 Å². The molecule has 0 radical (unpaired) electrons. The van der Waals surface area contributed by atoms with Crippen LogP contribution in [0.5, 0.6) is 5.75 Å². The van der Waals surface area contributed by atoms with Gasteiger partial charge in [-0.1, -0.05) is 13.8 Å². The highest BCUT2D eigenvalue weighted by Gasteiger charge is 2.68. The Balaban J connectivity index is 1.64. The molecular formula is C23H32FNO4. The summed E-state index contributed by atoms with van der Waals surface area (Å²) in [4.78, 5) is 12.6. The normalized spacial score (nSPS) is 34.7. The van der Waals surface area contributed by atoms with E-state index in [4.69, 9.17) is 14.2 Å². The second-order valence-electron chi connectivity index (χ2n) is 9.47. The number of hydrogen-bond donors (Lipinski definition) is 1. The first-order valence-corrected chi connectivity index (χ1v) is 10.6. The smallest absolute Gasteiger partial charge is 0.222 e. The summed E-state index contributed by atoms with van der Waals surface area (Å²) in [5.41, 5.74) is 0.566. The predicted octanol–water partition coefficient (Wildman–Crippen LogP) is 3.87. The maximum absolute atomic E-state index is 14.9. The molecule has 1 aliphatic heterocycles. The van der Waals surface area contributed by atoms with Crippen LogP contribution in [0.4, 0.5) is 4.39 Å². The van der Waals surface area contributed by atoms with Crippen molar-refractivity contribution in [2.24, 2.45) is 22.7 Å². The van der Waals surface area contributed by atoms with Gasteiger partial charge in [0.25, 0.3) is 0 Å². The van der Waals surface area contributed by atoms with Gasteiger partial charge in [0.1, 0.15) is 11.6 Å². The van der Waals surface area contributed by atoms with Crippen LogP contribution in [0.25, 0.3) is 0 Å². The number of carbonyl (C=O) groups is 1. The van der Waals surface area contributed by atoms with E-state index in [1.807, 2.05) is 0 Å². The van der Waals surface area contributed by atoms with E-state index < -0.39 is 0 Å². The van der Waals surface area contributed by atoms with Gasteiger partial charge < -0.3 is 19.5 Å². The van der Waals surface area contributed by atoms with Gasteiger partial charge in [-0.05, 0) is 54.1 Å². The summed E-state index contributed by atoms with van der Waals surface area (Å²) in [7, 11) is 3.14. The number of nitrogens with one attached hydrogen (secondary N) is 1. The van der Waals surface area contributed by atoms with Crippen molar-refractivity contribution in [1.29, 1.82) is 0 Å². The molecule has 0 aromatic heterocycles. The van der Waals surface area contributed by atoms with Gasteiger partial charge in [0, 0.05) is 37.8 Å². The van der Waals surface area contributed by atoms with E-state index in [2.05, 4.69) is 19.2 Å². The summed E-state index contributed by atoms with van der Waals surface area (Å²) < 4.78 is 31.3. The van der Waals surface area contributed by atoms with E-state index in [-0.39, 0.29) is 40.6 Å². The number of ether oxygens (including phenoxy) is 3. The first kappa shape index (κ1) is 20.6. The predicted molar refractivity (Wildman–Crippen MR) is 107 cm³/mol. The quantitative estimate of drug-likeness (QED) is 0.781. The first-order chi connectivity index (χ1) is 13.8. The summed E-state index contributed by atoms with van der Waals surface area (Å²) in [6, 6.07) is 5.09. The average molecular weight is 406 g/mol. The van der Waals surface area contributed by atoms with Crippen LogP contribution in [-0.2, 0) is 14.3 Å². The second kappa shape index (κ2) is 7.55. The van der Waals surface area contributed by atoms with E-state index in [0.717, 1.165) is 19.3 Å². The standard InChI is InChI=1S/C23H32FNO4/c1-22(2)14-11-17-20(16-6-5-15(28-4)12-18(16)24)29-10-8-23(17,13-14)21(22)25-19(26)7-9-27-3/h5-6,12,14,17,20-21H,7-11,13H2,1-4H3,(H,25,26)/t14-,17-,20-,21+,23-/m1/s1. The minimum Gasteiger partial charge on any atom is -0.497 e. The molecule has 1 amide bonds. The molecule has 1 saturated heterocycles. The molecule has 2 aliphatic carbocycles. The molecule has 2 bridgehead atoms. The zero-order valence-electron chi connectivity index (χ0n) is 17.8. The van der Waals surface area contributed by atoms with Crippen LogP contribution in [0.2, 0.25) is 0 Å². The van der Waals surface area contributed by atoms with Crippen molar-refractivity contribution < 1.29 is 23.4 Å². The van der Waals surface area contributed by atoms with Crippen LogP contribution >= 0.6 is 0 Å². The minimum absolute atomic E-state index is 0.0135. The molecule has 1 N–H and O–H groups in total. The molecule has 0 unspecified atom stereocenters. The van der Waals surface area contributed by atoms with Crippen LogP contribution in [0.3, 0.4) is 0 Å². The fraction of sp³-hybridized carbons (Fsp3) is 0.696. The van der Waals surface area contributed by atoms with Crippen molar-refractivity contribution in [3.05, 3.63) is 29.6 Å². The van der Waals surface area contributed by atoms with Gasteiger partial charge in [-0.25, -0.2) is 4.39 Å². The number of rotatable bonds is 6. The van der Waals surface area contributed by atoms with E-state index in [1.54, 1.807) is 19.2 Å². The van der Waals surface area contributed by atoms with Gasteiger partial charge in [-0.15, -0.1) is 0 Å². The average Bonchev–Trinajstić information content (AvgIpc) is 3.19. The van der Waals surface area contributed by atoms with Crippen LogP contribution in [-0.4, -0.2) is 39.4 Å². The lowest BCUT2D eigenvalue weighted by atomic mass is 9.58. The largest absolute Gasteiger partial charge is 0.497 e. The molecule has 1 aromatic carbocycles. The molecule has 2 saturated carbocycles. The lowest BCUT2D eigenvalue weighted by Crippen LogP contribution is -2.59. The molecule has 29 heavy (non-hydrogen) atoms. The Bertz CT molecular complexity index is 782. The minimum atomic E-state index is -0.283. The van der Waals surface area contributed by atoms with Crippen LogP contribution < -0.4 is 10.1 Å². The van der Waals surface area contributed by atoms with Crippen molar-refractivity contribution in [1.82, 2.24) is 5.32 Å². The molecule has 160 valence electrons. The van der Waals surface area contributed by atoms with Crippen molar-refractivity contribution in [2.45, 2.75) is 51.7 Å². The van der Waals surface area contributed by atoms with Crippen LogP contribution in [0.1, 0.15) is 51.2 Å². The number of halogens is 1. The Kier molecular flexibility index (Phi) is 5.36. The van der Waals surface area contributed by atoms with Crippen molar-refractivity contribution in [3.63, 3.8) is 0 Å². The monoisotopic (exact) mass is 405 g/mol.